The largest absolute Gasteiger partial charge is 0.380 e. The first-order chi connectivity index (χ1) is 10.9. The predicted octanol–water partition coefficient (Wildman–Crippen LogP) is 5.35. The van der Waals surface area contributed by atoms with Gasteiger partial charge in [0.15, 0.2) is 21.7 Å². The van der Waals surface area contributed by atoms with Gasteiger partial charge in [0.05, 0.1) is 0 Å². The summed E-state index contributed by atoms with van der Waals surface area (Å²) < 4.78 is 10.7. The maximum Gasteiger partial charge on any atom is 0.295 e. The van der Waals surface area contributed by atoms with Gasteiger partial charge in [-0.15, -0.1) is 22.7 Å². The van der Waals surface area contributed by atoms with E-state index in [1.54, 1.807) is 36.7 Å². The molecule has 0 aliphatic heterocycles. The van der Waals surface area contributed by atoms with Crippen molar-refractivity contribution in [2.24, 2.45) is 0 Å². The summed E-state index contributed by atoms with van der Waals surface area (Å²) in [7, 11) is 0. The topological polar surface area (TPSA) is 52.6 Å². The molecule has 7 heteroatoms. The van der Waals surface area contributed by atoms with E-state index in [0.29, 0.717) is 32.4 Å². The molecule has 0 N–H and O–H groups in total. The predicted molar refractivity (Wildman–Crippen MR) is 95.8 cm³/mol. The van der Waals surface area contributed by atoms with Crippen LogP contribution in [0.2, 0.25) is 0 Å². The fourth-order valence-electron chi connectivity index (χ4n) is 1.54. The molecular formula is C16H14O4S3. The summed E-state index contributed by atoms with van der Waals surface area (Å²) >= 11 is 3.37. The third kappa shape index (κ3) is 4.57. The highest BCUT2D eigenvalue weighted by Gasteiger charge is 2.12. The Morgan fingerprint density at radius 1 is 0.913 bits per heavy atom. The Kier molecular flexibility index (Phi) is 5.81. The fourth-order valence-corrected chi connectivity index (χ4v) is 3.51. The van der Waals surface area contributed by atoms with Gasteiger partial charge in [0.25, 0.3) is 12.3 Å². The molecule has 0 unspecified atom stereocenters. The minimum Gasteiger partial charge on any atom is -0.380 e. The lowest BCUT2D eigenvalue weighted by Crippen LogP contribution is -1.96. The van der Waals surface area contributed by atoms with Crippen molar-refractivity contribution in [3.8, 4) is 10.1 Å². The summed E-state index contributed by atoms with van der Waals surface area (Å²) in [4.78, 5) is 23.5. The van der Waals surface area contributed by atoms with Crippen molar-refractivity contribution < 1.29 is 18.0 Å². The Morgan fingerprint density at radius 3 is 1.65 bits per heavy atom. The molecule has 2 heterocycles. The number of rotatable bonds is 8. The van der Waals surface area contributed by atoms with Crippen LogP contribution >= 0.6 is 35.0 Å². The first-order valence-electron chi connectivity index (χ1n) is 6.47. The molecule has 2 rings (SSSR count). The third-order valence-corrected chi connectivity index (χ3v) is 5.00. The van der Waals surface area contributed by atoms with Crippen LogP contribution in [0.5, 0.6) is 10.1 Å². The smallest absolute Gasteiger partial charge is 0.295 e. The number of hydrogen-bond donors (Lipinski definition) is 0. The van der Waals surface area contributed by atoms with Crippen molar-refractivity contribution in [1.29, 1.82) is 0 Å². The number of thiophene rings is 2. The van der Waals surface area contributed by atoms with Gasteiger partial charge in [-0.05, 0) is 25.0 Å². The second-order valence-corrected chi connectivity index (χ2v) is 6.98. The number of carbonyl (C=O) groups excluding carboxylic acids is 2. The highest BCUT2D eigenvalue weighted by Crippen LogP contribution is 2.31. The van der Waals surface area contributed by atoms with Crippen molar-refractivity contribution in [3.05, 3.63) is 58.3 Å². The Morgan fingerprint density at radius 2 is 1.30 bits per heavy atom. The van der Waals surface area contributed by atoms with E-state index in [0.717, 1.165) is 12.3 Å². The van der Waals surface area contributed by atoms with E-state index in [-0.39, 0.29) is 11.6 Å². The first-order valence-corrected chi connectivity index (χ1v) is 8.89. The number of hydrogen-bond acceptors (Lipinski definition) is 7. The highest BCUT2D eigenvalue weighted by atomic mass is 32.2. The molecule has 0 saturated carbocycles. The summed E-state index contributed by atoms with van der Waals surface area (Å²) in [6.07, 6.45) is 0. The summed E-state index contributed by atoms with van der Waals surface area (Å²) in [5.41, 5.74) is 2.05. The first kappa shape index (κ1) is 17.5. The van der Waals surface area contributed by atoms with Crippen molar-refractivity contribution in [1.82, 2.24) is 0 Å². The number of Topliss-reactive ketones (excluding diaryl/α,β-unsaturated/α-hetero) is 2. The molecule has 0 aromatic carbocycles. The highest BCUT2D eigenvalue weighted by molar-refractivity contribution is 7.90. The Balaban J connectivity index is 1.88. The standard InChI is InChI=1S/C16H14O4S3/c1-9(2)15(17)11-5-13(21-7-11)19-23-20-14-6-12(8-22-14)16(18)10(3)4/h5-8H,1,3H2,2,4H3. The number of carbonyl (C=O) groups is 2. The third-order valence-electron chi connectivity index (χ3n) is 2.68. The second kappa shape index (κ2) is 7.63. The van der Waals surface area contributed by atoms with Crippen LogP contribution in [-0.2, 0) is 0 Å². The lowest BCUT2D eigenvalue weighted by molar-refractivity contribution is 0.102. The van der Waals surface area contributed by atoms with Gasteiger partial charge in [-0.2, -0.15) is 0 Å². The molecule has 0 saturated heterocycles. The zero-order valence-electron chi connectivity index (χ0n) is 12.6. The Bertz CT molecular complexity index is 706. The van der Waals surface area contributed by atoms with Gasteiger partial charge in [-0.25, -0.2) is 0 Å². The second-order valence-electron chi connectivity index (χ2n) is 4.76. The number of allylic oxidation sites excluding steroid dienone is 2. The normalized spacial score (nSPS) is 10.2. The Labute approximate surface area is 146 Å². The van der Waals surface area contributed by atoms with Crippen molar-refractivity contribution in [2.45, 2.75) is 13.8 Å². The minimum atomic E-state index is -0.108. The SMILES string of the molecule is C=C(C)C(=O)c1csc(OSOc2cc(C(=O)C(=C)C)cs2)c1. The van der Waals surface area contributed by atoms with E-state index in [1.807, 2.05) is 0 Å². The molecule has 0 atom stereocenters. The van der Waals surface area contributed by atoms with Gasteiger partial charge in [-0.3, -0.25) is 9.59 Å². The van der Waals surface area contributed by atoms with Crippen LogP contribution in [0, 0.1) is 0 Å². The van der Waals surface area contributed by atoms with E-state index in [1.165, 1.54) is 22.7 Å². The van der Waals surface area contributed by atoms with E-state index in [9.17, 15) is 9.59 Å². The van der Waals surface area contributed by atoms with Gasteiger partial charge in [0.2, 0.25) is 0 Å². The fraction of sp³-hybridized carbons (Fsp3) is 0.125. The lowest BCUT2D eigenvalue weighted by atomic mass is 10.1. The molecule has 2 aromatic heterocycles. The summed E-state index contributed by atoms with van der Waals surface area (Å²) in [6.45, 7) is 10.6. The van der Waals surface area contributed by atoms with Crippen molar-refractivity contribution in [3.63, 3.8) is 0 Å². The molecule has 120 valence electrons. The molecule has 23 heavy (non-hydrogen) atoms. The zero-order chi connectivity index (χ0) is 17.0. The van der Waals surface area contributed by atoms with Gasteiger partial charge < -0.3 is 8.37 Å². The van der Waals surface area contributed by atoms with Gasteiger partial charge in [0, 0.05) is 34.0 Å². The van der Waals surface area contributed by atoms with Crippen LogP contribution in [0.1, 0.15) is 34.6 Å². The van der Waals surface area contributed by atoms with Crippen LogP contribution in [0.15, 0.2) is 47.2 Å². The molecule has 0 bridgehead atoms. The molecule has 0 aliphatic carbocycles. The number of ketones is 2. The Hall–Kier alpha value is -1.83. The molecule has 0 fully saturated rings. The lowest BCUT2D eigenvalue weighted by Gasteiger charge is -1.99. The van der Waals surface area contributed by atoms with Gasteiger partial charge in [0.1, 0.15) is 0 Å². The van der Waals surface area contributed by atoms with Crippen LogP contribution in [0.25, 0.3) is 0 Å². The maximum atomic E-state index is 11.8. The van der Waals surface area contributed by atoms with Crippen LogP contribution in [0.4, 0.5) is 0 Å². The maximum absolute atomic E-state index is 11.8. The molecule has 4 nitrogen and oxygen atoms in total. The molecule has 0 spiro atoms. The summed E-state index contributed by atoms with van der Waals surface area (Å²) in [6, 6.07) is 3.28. The van der Waals surface area contributed by atoms with Crippen LogP contribution in [0.3, 0.4) is 0 Å². The molecule has 2 aromatic rings. The van der Waals surface area contributed by atoms with E-state index >= 15 is 0 Å². The summed E-state index contributed by atoms with van der Waals surface area (Å²) in [5, 5.41) is 4.52. The van der Waals surface area contributed by atoms with Crippen molar-refractivity contribution in [2.75, 3.05) is 0 Å². The van der Waals surface area contributed by atoms with Gasteiger partial charge in [-0.1, -0.05) is 13.2 Å². The van der Waals surface area contributed by atoms with Gasteiger partial charge >= 0.3 is 0 Å². The average Bonchev–Trinajstić information content (AvgIpc) is 3.15. The van der Waals surface area contributed by atoms with E-state index < -0.39 is 0 Å². The monoisotopic (exact) mass is 366 g/mol. The average molecular weight is 366 g/mol. The molecule has 0 aliphatic rings. The van der Waals surface area contributed by atoms with Crippen LogP contribution in [-0.4, -0.2) is 11.6 Å². The zero-order valence-corrected chi connectivity index (χ0v) is 15.0. The molecular weight excluding hydrogens is 352 g/mol. The van der Waals surface area contributed by atoms with Crippen molar-refractivity contribution >= 4 is 46.6 Å². The minimum absolute atomic E-state index is 0.108. The van der Waals surface area contributed by atoms with Crippen LogP contribution < -0.4 is 8.37 Å². The molecule has 0 radical (unpaired) electrons. The summed E-state index contributed by atoms with van der Waals surface area (Å²) in [5.74, 6) is -0.216. The quantitative estimate of drug-likeness (QED) is 0.358. The molecule has 0 amide bonds. The van der Waals surface area contributed by atoms with E-state index in [2.05, 4.69) is 13.2 Å². The van der Waals surface area contributed by atoms with E-state index in [4.69, 9.17) is 8.37 Å².